The zero-order valence-corrected chi connectivity index (χ0v) is 21.7. The van der Waals surface area contributed by atoms with Crippen LogP contribution < -0.4 is 10.1 Å². The number of carbonyl (C=O) groups is 2. The van der Waals surface area contributed by atoms with Crippen LogP contribution in [0.2, 0.25) is 5.02 Å². The van der Waals surface area contributed by atoms with E-state index in [0.717, 1.165) is 32.3 Å². The van der Waals surface area contributed by atoms with E-state index in [2.05, 4.69) is 26.1 Å². The van der Waals surface area contributed by atoms with Gasteiger partial charge in [-0.25, -0.2) is 4.79 Å². The number of nitrogens with one attached hydrogen (secondary N) is 1. The standard InChI is InChI=1S/C27H29ClF3NO5/c1-14(33)36-23-15(9-17(10-20(23)28)27(29,30)31)13-32-18-5-6-19(21(34)12-18)24(35)37-22-11-16-7-8-26(22,4)25(16,2)3/h5-6,9-10,12,16,22,32,34H,7-8,11,13H2,1-4H3. The van der Waals surface area contributed by atoms with Gasteiger partial charge in [-0.05, 0) is 54.9 Å². The first-order chi connectivity index (χ1) is 17.1. The molecule has 2 bridgehead atoms. The van der Waals surface area contributed by atoms with E-state index in [4.69, 9.17) is 21.1 Å². The van der Waals surface area contributed by atoms with Crippen molar-refractivity contribution in [1.82, 2.24) is 0 Å². The fraction of sp³-hybridized carbons (Fsp3) is 0.481. The second-order valence-corrected chi connectivity index (χ2v) is 11.0. The van der Waals surface area contributed by atoms with Crippen molar-refractivity contribution in [2.75, 3.05) is 5.32 Å². The Bertz CT molecular complexity index is 1250. The van der Waals surface area contributed by atoms with Crippen molar-refractivity contribution in [1.29, 1.82) is 0 Å². The number of ether oxygens (including phenoxy) is 2. The highest BCUT2D eigenvalue weighted by Gasteiger charge is 2.62. The van der Waals surface area contributed by atoms with E-state index < -0.39 is 23.7 Å². The lowest BCUT2D eigenvalue weighted by molar-refractivity contribution is -0.137. The summed E-state index contributed by atoms with van der Waals surface area (Å²) in [6.45, 7) is 7.47. The van der Waals surface area contributed by atoms with Gasteiger partial charge in [0.15, 0.2) is 5.75 Å². The number of hydrogen-bond donors (Lipinski definition) is 2. The van der Waals surface area contributed by atoms with Crippen LogP contribution in [0.3, 0.4) is 0 Å². The zero-order valence-electron chi connectivity index (χ0n) is 21.0. The van der Waals surface area contributed by atoms with E-state index in [1.165, 1.54) is 18.2 Å². The second-order valence-electron chi connectivity index (χ2n) is 10.6. The first-order valence-electron chi connectivity index (χ1n) is 12.0. The molecule has 2 aliphatic carbocycles. The van der Waals surface area contributed by atoms with Gasteiger partial charge in [-0.2, -0.15) is 13.2 Å². The fourth-order valence-electron chi connectivity index (χ4n) is 5.72. The predicted molar refractivity (Wildman–Crippen MR) is 132 cm³/mol. The van der Waals surface area contributed by atoms with Crippen LogP contribution in [0.25, 0.3) is 0 Å². The molecule has 0 amide bonds. The van der Waals surface area contributed by atoms with Crippen LogP contribution in [0, 0.1) is 16.7 Å². The van der Waals surface area contributed by atoms with Gasteiger partial charge in [0, 0.05) is 36.2 Å². The molecular formula is C27H29ClF3NO5. The normalized spacial score (nSPS) is 24.1. The van der Waals surface area contributed by atoms with Crippen LogP contribution in [-0.2, 0) is 22.3 Å². The number of hydrogen-bond acceptors (Lipinski definition) is 6. The second kappa shape index (κ2) is 9.42. The minimum Gasteiger partial charge on any atom is -0.507 e. The van der Waals surface area contributed by atoms with Gasteiger partial charge in [0.2, 0.25) is 0 Å². The van der Waals surface area contributed by atoms with E-state index in [0.29, 0.717) is 17.7 Å². The number of benzene rings is 2. The van der Waals surface area contributed by atoms with Gasteiger partial charge in [-0.15, -0.1) is 0 Å². The summed E-state index contributed by atoms with van der Waals surface area (Å²) in [6, 6.07) is 5.70. The summed E-state index contributed by atoms with van der Waals surface area (Å²) >= 11 is 5.97. The third-order valence-electron chi connectivity index (χ3n) is 8.36. The third kappa shape index (κ3) is 4.98. The molecule has 37 heavy (non-hydrogen) atoms. The van der Waals surface area contributed by atoms with Crippen molar-refractivity contribution in [3.63, 3.8) is 0 Å². The summed E-state index contributed by atoms with van der Waals surface area (Å²) in [6.07, 6.45) is -2.01. The van der Waals surface area contributed by atoms with Crippen LogP contribution in [0.5, 0.6) is 11.5 Å². The molecule has 2 aromatic carbocycles. The highest BCUT2D eigenvalue weighted by molar-refractivity contribution is 6.32. The summed E-state index contributed by atoms with van der Waals surface area (Å²) in [5, 5.41) is 13.0. The number of phenolic OH excluding ortho intramolecular Hbond substituents is 1. The molecule has 0 heterocycles. The Morgan fingerprint density at radius 2 is 1.89 bits per heavy atom. The van der Waals surface area contributed by atoms with Gasteiger partial charge in [0.25, 0.3) is 0 Å². The smallest absolute Gasteiger partial charge is 0.416 e. The van der Waals surface area contributed by atoms with Crippen molar-refractivity contribution in [2.24, 2.45) is 16.7 Å². The van der Waals surface area contributed by atoms with E-state index in [1.807, 2.05) is 0 Å². The lowest BCUT2D eigenvalue weighted by Gasteiger charge is -2.38. The monoisotopic (exact) mass is 539 g/mol. The molecule has 0 aromatic heterocycles. The minimum atomic E-state index is -4.65. The summed E-state index contributed by atoms with van der Waals surface area (Å²) in [7, 11) is 0. The van der Waals surface area contributed by atoms with Crippen molar-refractivity contribution in [2.45, 2.75) is 65.8 Å². The highest BCUT2D eigenvalue weighted by atomic mass is 35.5. The molecule has 0 aliphatic heterocycles. The molecule has 200 valence electrons. The number of halogens is 4. The number of aromatic hydroxyl groups is 1. The third-order valence-corrected chi connectivity index (χ3v) is 8.64. The summed E-state index contributed by atoms with van der Waals surface area (Å²) in [5.74, 6) is -1.40. The number of alkyl halides is 3. The largest absolute Gasteiger partial charge is 0.507 e. The summed E-state index contributed by atoms with van der Waals surface area (Å²) < 4.78 is 50.7. The van der Waals surface area contributed by atoms with E-state index in [1.54, 1.807) is 0 Å². The maximum Gasteiger partial charge on any atom is 0.416 e. The molecule has 3 atom stereocenters. The molecule has 6 nitrogen and oxygen atoms in total. The first kappa shape index (κ1) is 27.1. The van der Waals surface area contributed by atoms with Crippen LogP contribution in [0.15, 0.2) is 30.3 Å². The number of carbonyl (C=O) groups excluding carboxylic acids is 2. The number of esters is 2. The van der Waals surface area contributed by atoms with Gasteiger partial charge >= 0.3 is 18.1 Å². The Kier molecular flexibility index (Phi) is 6.90. The molecule has 2 fully saturated rings. The van der Waals surface area contributed by atoms with Gasteiger partial charge in [0.05, 0.1) is 10.6 Å². The van der Waals surface area contributed by atoms with Gasteiger partial charge in [0.1, 0.15) is 17.4 Å². The number of anilines is 1. The van der Waals surface area contributed by atoms with E-state index in [-0.39, 0.29) is 51.1 Å². The van der Waals surface area contributed by atoms with Gasteiger partial charge in [-0.1, -0.05) is 32.4 Å². The van der Waals surface area contributed by atoms with Gasteiger partial charge < -0.3 is 19.9 Å². The average molecular weight is 540 g/mol. The molecule has 4 rings (SSSR count). The number of fused-ring (bicyclic) bond motifs is 2. The van der Waals surface area contributed by atoms with Crippen LogP contribution in [0.4, 0.5) is 18.9 Å². The predicted octanol–water partition coefficient (Wildman–Crippen LogP) is 6.97. The number of rotatable bonds is 6. The Hall–Kier alpha value is -2.94. The molecular weight excluding hydrogens is 511 g/mol. The minimum absolute atomic E-state index is 0.00237. The molecule has 2 saturated carbocycles. The maximum atomic E-state index is 13.3. The number of phenols is 1. The molecule has 0 spiro atoms. The first-order valence-corrected chi connectivity index (χ1v) is 12.4. The van der Waals surface area contributed by atoms with Crippen molar-refractivity contribution >= 4 is 29.2 Å². The van der Waals surface area contributed by atoms with E-state index >= 15 is 0 Å². The zero-order chi connectivity index (χ0) is 27.3. The summed E-state index contributed by atoms with van der Waals surface area (Å²) in [4.78, 5) is 24.3. The Morgan fingerprint density at radius 1 is 1.19 bits per heavy atom. The Balaban J connectivity index is 1.49. The van der Waals surface area contributed by atoms with E-state index in [9.17, 15) is 27.9 Å². The highest BCUT2D eigenvalue weighted by Crippen LogP contribution is 2.66. The molecule has 0 saturated heterocycles. The van der Waals surface area contributed by atoms with Crippen LogP contribution in [-0.4, -0.2) is 23.1 Å². The van der Waals surface area contributed by atoms with Crippen molar-refractivity contribution in [3.8, 4) is 11.5 Å². The molecule has 10 heteroatoms. The topological polar surface area (TPSA) is 84.9 Å². The van der Waals surface area contributed by atoms with Gasteiger partial charge in [-0.3, -0.25) is 4.79 Å². The molecule has 2 N–H and O–H groups in total. The lowest BCUT2D eigenvalue weighted by atomic mass is 9.70. The molecule has 3 unspecified atom stereocenters. The van der Waals surface area contributed by atoms with Crippen molar-refractivity contribution < 1.29 is 37.3 Å². The molecule has 2 aromatic rings. The summed E-state index contributed by atoms with van der Waals surface area (Å²) in [5.41, 5.74) is -0.753. The lowest BCUT2D eigenvalue weighted by Crippen LogP contribution is -2.38. The molecule has 2 aliphatic rings. The SMILES string of the molecule is CC(=O)Oc1c(Cl)cc(C(F)(F)F)cc1CNc1ccc(C(=O)OC2CC3CCC2(C)C3(C)C)c(O)c1. The quantitative estimate of drug-likeness (QED) is 0.304. The Morgan fingerprint density at radius 3 is 2.43 bits per heavy atom. The van der Waals surface area contributed by atoms with Crippen molar-refractivity contribution in [3.05, 3.63) is 52.0 Å². The fourth-order valence-corrected chi connectivity index (χ4v) is 5.99. The average Bonchev–Trinajstić information content (AvgIpc) is 3.12. The maximum absolute atomic E-state index is 13.3. The van der Waals surface area contributed by atoms with Crippen LogP contribution >= 0.6 is 11.6 Å². The molecule has 0 radical (unpaired) electrons. The van der Waals surface area contributed by atoms with Crippen LogP contribution in [0.1, 0.15) is 68.4 Å². The Labute approximate surface area is 218 Å².